The van der Waals surface area contributed by atoms with Gasteiger partial charge in [0.05, 0.1) is 5.25 Å². The zero-order chi connectivity index (χ0) is 22.3. The SMILES string of the molecule is CC(Sc1nnc(Cc2cccs2)n1-c1ccccc1)C(=O)NCC(C)c1ccccc1. The van der Waals surface area contributed by atoms with Crippen molar-refractivity contribution >= 4 is 29.0 Å². The average molecular weight is 463 g/mol. The molecule has 7 heteroatoms. The van der Waals surface area contributed by atoms with Crippen molar-refractivity contribution in [3.63, 3.8) is 0 Å². The summed E-state index contributed by atoms with van der Waals surface area (Å²) in [5, 5.41) is 14.5. The summed E-state index contributed by atoms with van der Waals surface area (Å²) in [6.45, 7) is 4.63. The Hall–Kier alpha value is -2.90. The molecule has 2 heterocycles. The lowest BCUT2D eigenvalue weighted by Gasteiger charge is -2.16. The summed E-state index contributed by atoms with van der Waals surface area (Å²) in [4.78, 5) is 14.0. The summed E-state index contributed by atoms with van der Waals surface area (Å²) < 4.78 is 2.06. The number of carbonyl (C=O) groups is 1. The van der Waals surface area contributed by atoms with Crippen LogP contribution in [0.4, 0.5) is 0 Å². The predicted octanol–water partition coefficient (Wildman–Crippen LogP) is 5.32. The van der Waals surface area contributed by atoms with E-state index >= 15 is 0 Å². The Morgan fingerprint density at radius 1 is 1.00 bits per heavy atom. The molecule has 32 heavy (non-hydrogen) atoms. The Morgan fingerprint density at radius 2 is 1.72 bits per heavy atom. The van der Waals surface area contributed by atoms with Gasteiger partial charge in [-0.05, 0) is 42.0 Å². The molecule has 1 N–H and O–H groups in total. The van der Waals surface area contributed by atoms with Crippen LogP contribution in [-0.2, 0) is 11.2 Å². The molecular formula is C25H26N4OS2. The number of nitrogens with one attached hydrogen (secondary N) is 1. The molecule has 0 bridgehead atoms. The van der Waals surface area contributed by atoms with Crippen LogP contribution >= 0.6 is 23.1 Å². The molecule has 2 unspecified atom stereocenters. The van der Waals surface area contributed by atoms with Crippen molar-refractivity contribution < 1.29 is 4.79 Å². The summed E-state index contributed by atoms with van der Waals surface area (Å²) in [7, 11) is 0. The number of thioether (sulfide) groups is 1. The molecule has 0 aliphatic rings. The number of amides is 1. The van der Waals surface area contributed by atoms with E-state index in [0.717, 1.165) is 16.7 Å². The van der Waals surface area contributed by atoms with E-state index < -0.39 is 0 Å². The number of hydrogen-bond acceptors (Lipinski definition) is 5. The lowest BCUT2D eigenvalue weighted by atomic mass is 10.0. The second kappa shape index (κ2) is 10.6. The van der Waals surface area contributed by atoms with Gasteiger partial charge in [-0.3, -0.25) is 9.36 Å². The molecule has 2 aromatic heterocycles. The normalized spacial score (nSPS) is 12.9. The summed E-state index contributed by atoms with van der Waals surface area (Å²) in [6, 6.07) is 24.4. The molecular weight excluding hydrogens is 436 g/mol. The zero-order valence-electron chi connectivity index (χ0n) is 18.1. The van der Waals surface area contributed by atoms with E-state index in [0.29, 0.717) is 13.0 Å². The Morgan fingerprint density at radius 3 is 2.41 bits per heavy atom. The van der Waals surface area contributed by atoms with Gasteiger partial charge >= 0.3 is 0 Å². The Bertz CT molecular complexity index is 1130. The highest BCUT2D eigenvalue weighted by atomic mass is 32.2. The maximum atomic E-state index is 12.8. The van der Waals surface area contributed by atoms with Crippen molar-refractivity contribution in [2.45, 2.75) is 36.6 Å². The second-order valence-electron chi connectivity index (χ2n) is 7.64. The largest absolute Gasteiger partial charge is 0.355 e. The molecule has 4 aromatic rings. The van der Waals surface area contributed by atoms with E-state index in [1.165, 1.54) is 22.2 Å². The van der Waals surface area contributed by atoms with Gasteiger partial charge in [0, 0.05) is 23.5 Å². The predicted molar refractivity (Wildman–Crippen MR) is 132 cm³/mol. The number of thiophene rings is 1. The van der Waals surface area contributed by atoms with Crippen LogP contribution in [0.15, 0.2) is 83.3 Å². The van der Waals surface area contributed by atoms with Crippen LogP contribution in [0.25, 0.3) is 5.69 Å². The number of para-hydroxylation sites is 1. The van der Waals surface area contributed by atoms with E-state index in [1.807, 2.05) is 61.5 Å². The maximum Gasteiger partial charge on any atom is 0.233 e. The van der Waals surface area contributed by atoms with Crippen molar-refractivity contribution in [2.75, 3.05) is 6.54 Å². The number of benzene rings is 2. The van der Waals surface area contributed by atoms with Gasteiger partial charge in [0.15, 0.2) is 5.16 Å². The average Bonchev–Trinajstić information content (AvgIpc) is 3.48. The molecule has 164 valence electrons. The third kappa shape index (κ3) is 5.47. The van der Waals surface area contributed by atoms with Crippen LogP contribution in [0.1, 0.15) is 36.0 Å². The van der Waals surface area contributed by atoms with Crippen LogP contribution in [0.2, 0.25) is 0 Å². The molecule has 2 aromatic carbocycles. The topological polar surface area (TPSA) is 59.8 Å². The minimum absolute atomic E-state index is 0.000185. The molecule has 4 rings (SSSR count). The maximum absolute atomic E-state index is 12.8. The van der Waals surface area contributed by atoms with Crippen LogP contribution in [0, 0.1) is 0 Å². The van der Waals surface area contributed by atoms with E-state index in [4.69, 9.17) is 0 Å². The van der Waals surface area contributed by atoms with Gasteiger partial charge in [0.25, 0.3) is 0 Å². The van der Waals surface area contributed by atoms with Gasteiger partial charge < -0.3 is 5.32 Å². The summed E-state index contributed by atoms with van der Waals surface area (Å²) in [6.07, 6.45) is 0.704. The monoisotopic (exact) mass is 462 g/mol. The third-order valence-electron chi connectivity index (χ3n) is 5.23. The van der Waals surface area contributed by atoms with Gasteiger partial charge in [-0.2, -0.15) is 0 Å². The Kier molecular flexibility index (Phi) is 7.39. The molecule has 0 fully saturated rings. The van der Waals surface area contributed by atoms with Crippen LogP contribution < -0.4 is 5.32 Å². The van der Waals surface area contributed by atoms with Gasteiger partial charge in [-0.1, -0.05) is 73.3 Å². The van der Waals surface area contributed by atoms with E-state index in [2.05, 4.69) is 50.6 Å². The minimum atomic E-state index is -0.292. The number of nitrogens with zero attached hydrogens (tertiary/aromatic N) is 3. The van der Waals surface area contributed by atoms with Crippen molar-refractivity contribution in [1.29, 1.82) is 0 Å². The standard InChI is InChI=1S/C25H26N4OS2/c1-18(20-10-5-3-6-11-20)17-26-24(30)19(2)32-25-28-27-23(16-22-14-9-15-31-22)29(25)21-12-7-4-8-13-21/h3-15,18-19H,16-17H2,1-2H3,(H,26,30). The second-order valence-corrected chi connectivity index (χ2v) is 9.98. The van der Waals surface area contributed by atoms with Crippen molar-refractivity contribution in [3.8, 4) is 5.69 Å². The summed E-state index contributed by atoms with van der Waals surface area (Å²) >= 11 is 3.14. The number of rotatable bonds is 9. The van der Waals surface area contributed by atoms with Gasteiger partial charge in [0.2, 0.25) is 5.91 Å². The lowest BCUT2D eigenvalue weighted by molar-refractivity contribution is -0.120. The summed E-state index contributed by atoms with van der Waals surface area (Å²) in [5.74, 6) is 1.12. The van der Waals surface area contributed by atoms with Crippen LogP contribution in [0.5, 0.6) is 0 Å². The molecule has 0 aliphatic heterocycles. The first-order valence-electron chi connectivity index (χ1n) is 10.6. The molecule has 2 atom stereocenters. The molecule has 0 radical (unpaired) electrons. The highest BCUT2D eigenvalue weighted by Gasteiger charge is 2.22. The Balaban J connectivity index is 1.47. The fourth-order valence-corrected chi connectivity index (χ4v) is 5.02. The van der Waals surface area contributed by atoms with E-state index in [1.54, 1.807) is 11.3 Å². The van der Waals surface area contributed by atoms with Gasteiger partial charge in [-0.15, -0.1) is 21.5 Å². The highest BCUT2D eigenvalue weighted by Crippen LogP contribution is 2.27. The summed E-state index contributed by atoms with van der Waals surface area (Å²) in [5.41, 5.74) is 2.21. The highest BCUT2D eigenvalue weighted by molar-refractivity contribution is 8.00. The smallest absolute Gasteiger partial charge is 0.233 e. The first-order valence-corrected chi connectivity index (χ1v) is 12.4. The molecule has 0 saturated heterocycles. The molecule has 0 spiro atoms. The van der Waals surface area contributed by atoms with Crippen molar-refractivity contribution in [1.82, 2.24) is 20.1 Å². The van der Waals surface area contributed by atoms with E-state index in [-0.39, 0.29) is 17.1 Å². The lowest BCUT2D eigenvalue weighted by Crippen LogP contribution is -2.33. The first-order chi connectivity index (χ1) is 15.6. The molecule has 1 amide bonds. The van der Waals surface area contributed by atoms with Crippen molar-refractivity contribution in [2.24, 2.45) is 0 Å². The molecule has 5 nitrogen and oxygen atoms in total. The van der Waals surface area contributed by atoms with E-state index in [9.17, 15) is 4.79 Å². The quantitative estimate of drug-likeness (QED) is 0.342. The van der Waals surface area contributed by atoms with Crippen LogP contribution in [0.3, 0.4) is 0 Å². The van der Waals surface area contributed by atoms with Crippen molar-refractivity contribution in [3.05, 3.63) is 94.4 Å². The fourth-order valence-electron chi connectivity index (χ4n) is 3.41. The van der Waals surface area contributed by atoms with Crippen LogP contribution in [-0.4, -0.2) is 32.5 Å². The first kappa shape index (κ1) is 22.3. The number of hydrogen-bond donors (Lipinski definition) is 1. The number of carbonyl (C=O) groups excluding carboxylic acids is 1. The zero-order valence-corrected chi connectivity index (χ0v) is 19.8. The van der Waals surface area contributed by atoms with Gasteiger partial charge in [0.1, 0.15) is 5.82 Å². The fraction of sp³-hybridized carbons (Fsp3) is 0.240. The third-order valence-corrected chi connectivity index (χ3v) is 7.15. The minimum Gasteiger partial charge on any atom is -0.355 e. The molecule has 0 aliphatic carbocycles. The Labute approximate surface area is 196 Å². The van der Waals surface area contributed by atoms with Gasteiger partial charge in [-0.25, -0.2) is 0 Å². The number of aromatic nitrogens is 3. The molecule has 0 saturated carbocycles.